The van der Waals surface area contributed by atoms with Crippen molar-refractivity contribution in [3.8, 4) is 0 Å². The zero-order chi connectivity index (χ0) is 10.4. The third-order valence-electron chi connectivity index (χ3n) is 1.84. The molecule has 0 aromatic heterocycles. The lowest BCUT2D eigenvalue weighted by Gasteiger charge is -2.14. The van der Waals surface area contributed by atoms with Crippen LogP contribution in [0.3, 0.4) is 0 Å². The average Bonchev–Trinajstić information content (AvgIpc) is 2.17. The fourth-order valence-corrected chi connectivity index (χ4v) is 1.08. The normalized spacial score (nSPS) is 11.9. The van der Waals surface area contributed by atoms with Crippen LogP contribution in [0.2, 0.25) is 0 Å². The molecule has 0 atom stereocenters. The standard InChI is InChI=1S/C12H16N2/c1-4-10-12(2,3)14-13-11-8-6-5-7-9-11/h4-9H,1,10H2,2-3H3. The first-order valence-corrected chi connectivity index (χ1v) is 4.73. The Kier molecular flexibility index (Phi) is 3.57. The minimum atomic E-state index is -0.155. The topological polar surface area (TPSA) is 24.7 Å². The summed E-state index contributed by atoms with van der Waals surface area (Å²) in [5.41, 5.74) is 0.738. The third-order valence-corrected chi connectivity index (χ3v) is 1.84. The largest absolute Gasteiger partial charge is 0.182 e. The molecule has 0 aliphatic rings. The summed E-state index contributed by atoms with van der Waals surface area (Å²) in [6.07, 6.45) is 2.70. The highest BCUT2D eigenvalue weighted by Crippen LogP contribution is 2.19. The maximum Gasteiger partial charge on any atom is 0.0852 e. The summed E-state index contributed by atoms with van der Waals surface area (Å²) in [5.74, 6) is 0. The van der Waals surface area contributed by atoms with Gasteiger partial charge in [0, 0.05) is 0 Å². The number of benzene rings is 1. The molecule has 0 radical (unpaired) electrons. The average molecular weight is 188 g/mol. The minimum Gasteiger partial charge on any atom is -0.182 e. The fraction of sp³-hybridized carbons (Fsp3) is 0.333. The van der Waals surface area contributed by atoms with Crippen LogP contribution >= 0.6 is 0 Å². The SMILES string of the molecule is C=CCC(C)(C)N=Nc1ccccc1. The summed E-state index contributed by atoms with van der Waals surface area (Å²) in [5, 5.41) is 8.44. The summed E-state index contributed by atoms with van der Waals surface area (Å²) in [6, 6.07) is 9.75. The van der Waals surface area contributed by atoms with Gasteiger partial charge in [-0.2, -0.15) is 10.2 Å². The Morgan fingerprint density at radius 3 is 2.50 bits per heavy atom. The van der Waals surface area contributed by atoms with Gasteiger partial charge in [0.2, 0.25) is 0 Å². The van der Waals surface area contributed by atoms with E-state index in [-0.39, 0.29) is 5.54 Å². The summed E-state index contributed by atoms with van der Waals surface area (Å²) in [4.78, 5) is 0. The number of rotatable bonds is 4. The number of hydrogen-bond acceptors (Lipinski definition) is 2. The van der Waals surface area contributed by atoms with Crippen LogP contribution in [0.1, 0.15) is 20.3 Å². The van der Waals surface area contributed by atoms with Gasteiger partial charge < -0.3 is 0 Å². The van der Waals surface area contributed by atoms with E-state index in [1.165, 1.54) is 0 Å². The van der Waals surface area contributed by atoms with E-state index < -0.39 is 0 Å². The molecule has 0 heterocycles. The van der Waals surface area contributed by atoms with E-state index in [0.29, 0.717) is 0 Å². The second-order valence-electron chi connectivity index (χ2n) is 3.84. The molecule has 0 saturated carbocycles. The van der Waals surface area contributed by atoms with Crippen LogP contribution in [-0.2, 0) is 0 Å². The second kappa shape index (κ2) is 4.70. The highest BCUT2D eigenvalue weighted by atomic mass is 15.1. The van der Waals surface area contributed by atoms with Crippen LogP contribution in [0.15, 0.2) is 53.2 Å². The van der Waals surface area contributed by atoms with Gasteiger partial charge in [-0.05, 0) is 32.4 Å². The Morgan fingerprint density at radius 2 is 1.93 bits per heavy atom. The maximum absolute atomic E-state index is 4.27. The van der Waals surface area contributed by atoms with Gasteiger partial charge in [-0.1, -0.05) is 24.3 Å². The van der Waals surface area contributed by atoms with Gasteiger partial charge in [0.05, 0.1) is 11.2 Å². The molecule has 0 bridgehead atoms. The van der Waals surface area contributed by atoms with Gasteiger partial charge in [-0.25, -0.2) is 0 Å². The van der Waals surface area contributed by atoms with Crippen molar-refractivity contribution >= 4 is 5.69 Å². The Hall–Kier alpha value is -1.44. The van der Waals surface area contributed by atoms with Crippen molar-refractivity contribution in [2.45, 2.75) is 25.8 Å². The van der Waals surface area contributed by atoms with Gasteiger partial charge in [-0.3, -0.25) is 0 Å². The molecule has 0 amide bonds. The van der Waals surface area contributed by atoms with E-state index in [9.17, 15) is 0 Å². The molecule has 2 heteroatoms. The first-order valence-electron chi connectivity index (χ1n) is 4.73. The van der Waals surface area contributed by atoms with E-state index in [0.717, 1.165) is 12.1 Å². The number of hydrogen-bond donors (Lipinski definition) is 0. The Labute approximate surface area is 85.4 Å². The first kappa shape index (κ1) is 10.6. The number of azo groups is 1. The van der Waals surface area contributed by atoms with Gasteiger partial charge in [0.1, 0.15) is 0 Å². The molecule has 0 aliphatic heterocycles. The maximum atomic E-state index is 4.27. The molecule has 0 saturated heterocycles. The van der Waals surface area contributed by atoms with Crippen LogP contribution in [0, 0.1) is 0 Å². The van der Waals surface area contributed by atoms with E-state index in [1.54, 1.807) is 0 Å². The molecule has 1 aromatic carbocycles. The van der Waals surface area contributed by atoms with Crippen LogP contribution < -0.4 is 0 Å². The lowest BCUT2D eigenvalue weighted by molar-refractivity contribution is 0.505. The highest BCUT2D eigenvalue weighted by molar-refractivity contribution is 5.34. The third kappa shape index (κ3) is 3.52. The van der Waals surface area contributed by atoms with Crippen molar-refractivity contribution in [1.29, 1.82) is 0 Å². The molecule has 0 fully saturated rings. The molecule has 2 nitrogen and oxygen atoms in total. The van der Waals surface area contributed by atoms with Crippen LogP contribution in [-0.4, -0.2) is 5.54 Å². The van der Waals surface area contributed by atoms with Crippen molar-refractivity contribution < 1.29 is 0 Å². The number of nitrogens with zero attached hydrogens (tertiary/aromatic N) is 2. The summed E-state index contributed by atoms with van der Waals surface area (Å²) in [7, 11) is 0. The Balaban J connectivity index is 2.68. The summed E-state index contributed by atoms with van der Waals surface area (Å²) >= 11 is 0. The van der Waals surface area contributed by atoms with E-state index in [2.05, 4.69) is 16.8 Å². The zero-order valence-electron chi connectivity index (χ0n) is 8.77. The minimum absolute atomic E-state index is 0.155. The molecule has 0 N–H and O–H groups in total. The summed E-state index contributed by atoms with van der Waals surface area (Å²) in [6.45, 7) is 7.78. The zero-order valence-corrected chi connectivity index (χ0v) is 8.77. The molecule has 1 aromatic rings. The van der Waals surface area contributed by atoms with Crippen LogP contribution in [0.4, 0.5) is 5.69 Å². The quantitative estimate of drug-likeness (QED) is 0.501. The predicted octanol–water partition coefficient (Wildman–Crippen LogP) is 4.13. The molecule has 0 spiro atoms. The van der Waals surface area contributed by atoms with Crippen molar-refractivity contribution in [2.75, 3.05) is 0 Å². The van der Waals surface area contributed by atoms with Crippen LogP contribution in [0.5, 0.6) is 0 Å². The van der Waals surface area contributed by atoms with Crippen molar-refractivity contribution in [3.63, 3.8) is 0 Å². The Morgan fingerprint density at radius 1 is 1.29 bits per heavy atom. The fourth-order valence-electron chi connectivity index (χ4n) is 1.08. The van der Waals surface area contributed by atoms with Gasteiger partial charge in [-0.15, -0.1) is 6.58 Å². The molecule has 74 valence electrons. The molecule has 14 heavy (non-hydrogen) atoms. The Bertz CT molecular complexity index is 312. The molecule has 1 rings (SSSR count). The molecule has 0 unspecified atom stereocenters. The van der Waals surface area contributed by atoms with Crippen molar-refractivity contribution in [3.05, 3.63) is 43.0 Å². The van der Waals surface area contributed by atoms with Crippen molar-refractivity contribution in [2.24, 2.45) is 10.2 Å². The van der Waals surface area contributed by atoms with Crippen molar-refractivity contribution in [1.82, 2.24) is 0 Å². The van der Waals surface area contributed by atoms with Gasteiger partial charge in [0.25, 0.3) is 0 Å². The lowest BCUT2D eigenvalue weighted by atomic mass is 10.0. The second-order valence-corrected chi connectivity index (χ2v) is 3.84. The molecular formula is C12H16N2. The van der Waals surface area contributed by atoms with E-state index in [4.69, 9.17) is 0 Å². The highest BCUT2D eigenvalue weighted by Gasteiger charge is 2.13. The van der Waals surface area contributed by atoms with Gasteiger partial charge >= 0.3 is 0 Å². The molecule has 0 aliphatic carbocycles. The summed E-state index contributed by atoms with van der Waals surface area (Å²) < 4.78 is 0. The monoisotopic (exact) mass is 188 g/mol. The lowest BCUT2D eigenvalue weighted by Crippen LogP contribution is -2.13. The molecular weight excluding hydrogens is 172 g/mol. The first-order chi connectivity index (χ1) is 6.64. The predicted molar refractivity (Wildman–Crippen MR) is 59.9 cm³/mol. The van der Waals surface area contributed by atoms with Crippen LogP contribution in [0.25, 0.3) is 0 Å². The van der Waals surface area contributed by atoms with E-state index in [1.807, 2.05) is 50.3 Å². The van der Waals surface area contributed by atoms with E-state index >= 15 is 0 Å². The smallest absolute Gasteiger partial charge is 0.0852 e. The van der Waals surface area contributed by atoms with Gasteiger partial charge in [0.15, 0.2) is 0 Å².